The highest BCUT2D eigenvalue weighted by molar-refractivity contribution is 6.20. The van der Waals surface area contributed by atoms with E-state index in [1.54, 1.807) is 0 Å². The van der Waals surface area contributed by atoms with Gasteiger partial charge in [-0.3, -0.25) is 0 Å². The Morgan fingerprint density at radius 3 is 1.23 bits per heavy atom. The van der Waals surface area contributed by atoms with Crippen molar-refractivity contribution in [3.05, 3.63) is 133 Å². The van der Waals surface area contributed by atoms with Gasteiger partial charge in [0.2, 0.25) is 0 Å². The summed E-state index contributed by atoms with van der Waals surface area (Å²) in [5.74, 6) is 1.45. The van der Waals surface area contributed by atoms with Crippen molar-refractivity contribution in [2.24, 2.45) is 0 Å². The Hall–Kier alpha value is -4.50. The molecule has 0 aliphatic heterocycles. The Morgan fingerprint density at radius 2 is 0.771 bits per heavy atom. The molecule has 6 aromatic rings. The summed E-state index contributed by atoms with van der Waals surface area (Å²) in [5.41, 5.74) is 4.72. The first-order chi connectivity index (χ1) is 17.3. The van der Waals surface area contributed by atoms with Gasteiger partial charge in [-0.15, -0.1) is 0 Å². The van der Waals surface area contributed by atoms with E-state index in [9.17, 15) is 0 Å². The van der Waals surface area contributed by atoms with Crippen molar-refractivity contribution < 1.29 is 9.31 Å². The van der Waals surface area contributed by atoms with Crippen LogP contribution in [-0.2, 0) is 0 Å². The number of fused-ring (bicyclic) bond motifs is 2. The molecule has 0 spiro atoms. The van der Waals surface area contributed by atoms with Crippen molar-refractivity contribution in [3.8, 4) is 33.8 Å². The fraction of sp³-hybridized carbons (Fsp3) is 0. The van der Waals surface area contributed by atoms with Gasteiger partial charge in [0.05, 0.1) is 0 Å². The van der Waals surface area contributed by atoms with Gasteiger partial charge in [0.25, 0.3) is 0 Å². The van der Waals surface area contributed by atoms with E-state index in [2.05, 4.69) is 109 Å². The standard InChI is InChI=1S/C32H22BO2/c1-3-11-29-23(7-1)9-5-13-31(29)25-15-19-27(20-16-25)34-33-35-28-21-17-26(18-22-28)32-14-6-10-24-8-2-4-12-30(24)32/h1-22H. The molecule has 0 unspecified atom stereocenters. The molecule has 0 amide bonds. The average molecular weight is 449 g/mol. The third kappa shape index (κ3) is 4.37. The second kappa shape index (κ2) is 9.40. The molecule has 6 rings (SSSR count). The van der Waals surface area contributed by atoms with E-state index in [1.807, 2.05) is 24.3 Å². The predicted molar refractivity (Wildman–Crippen MR) is 146 cm³/mol. The molecule has 0 bridgehead atoms. The Kier molecular flexibility index (Phi) is 5.66. The highest BCUT2D eigenvalue weighted by Gasteiger charge is 2.07. The average Bonchev–Trinajstić information content (AvgIpc) is 2.93. The van der Waals surface area contributed by atoms with Crippen LogP contribution < -0.4 is 9.31 Å². The topological polar surface area (TPSA) is 18.5 Å². The smallest absolute Gasteiger partial charge is 0.526 e. The lowest BCUT2D eigenvalue weighted by Crippen LogP contribution is -2.10. The van der Waals surface area contributed by atoms with Crippen molar-refractivity contribution in [2.45, 2.75) is 0 Å². The SMILES string of the molecule is [B](Oc1ccc(-c2cccc3ccccc23)cc1)Oc1ccc(-c2cccc3ccccc23)cc1. The molecule has 0 aliphatic carbocycles. The molecule has 35 heavy (non-hydrogen) atoms. The highest BCUT2D eigenvalue weighted by Crippen LogP contribution is 2.31. The van der Waals surface area contributed by atoms with Gasteiger partial charge >= 0.3 is 7.69 Å². The monoisotopic (exact) mass is 449 g/mol. The van der Waals surface area contributed by atoms with Gasteiger partial charge in [0.15, 0.2) is 0 Å². The zero-order valence-corrected chi connectivity index (χ0v) is 19.1. The Bertz CT molecular complexity index is 1470. The summed E-state index contributed by atoms with van der Waals surface area (Å²) in [6.07, 6.45) is 0. The first-order valence-corrected chi connectivity index (χ1v) is 11.7. The predicted octanol–water partition coefficient (Wildman–Crippen LogP) is 8.32. The van der Waals surface area contributed by atoms with Gasteiger partial charge in [-0.1, -0.05) is 109 Å². The minimum absolute atomic E-state index is 0.723. The molecule has 0 saturated carbocycles. The first-order valence-electron chi connectivity index (χ1n) is 11.7. The zero-order valence-electron chi connectivity index (χ0n) is 19.1. The fourth-order valence-corrected chi connectivity index (χ4v) is 4.52. The molecular formula is C32H22BO2. The molecule has 2 nitrogen and oxygen atoms in total. The maximum atomic E-state index is 5.71. The second-order valence-corrected chi connectivity index (χ2v) is 8.43. The van der Waals surface area contributed by atoms with E-state index in [0.717, 1.165) is 22.6 Å². The van der Waals surface area contributed by atoms with E-state index >= 15 is 0 Å². The van der Waals surface area contributed by atoms with Crippen molar-refractivity contribution >= 4 is 29.2 Å². The van der Waals surface area contributed by atoms with Gasteiger partial charge in [-0.25, -0.2) is 0 Å². The summed E-state index contributed by atoms with van der Waals surface area (Å²) in [6, 6.07) is 45.7. The maximum absolute atomic E-state index is 5.71. The molecule has 165 valence electrons. The van der Waals surface area contributed by atoms with E-state index in [0.29, 0.717) is 0 Å². The molecule has 0 atom stereocenters. The summed E-state index contributed by atoms with van der Waals surface area (Å²) in [5, 5.41) is 4.95. The molecule has 0 aromatic heterocycles. The number of hydrogen-bond acceptors (Lipinski definition) is 2. The van der Waals surface area contributed by atoms with E-state index in [4.69, 9.17) is 9.31 Å². The van der Waals surface area contributed by atoms with E-state index in [1.165, 1.54) is 40.4 Å². The molecule has 6 aromatic carbocycles. The lowest BCUT2D eigenvalue weighted by atomic mass is 9.98. The molecule has 0 heterocycles. The van der Waals surface area contributed by atoms with Crippen LogP contribution in [0, 0.1) is 0 Å². The Balaban J connectivity index is 1.11. The third-order valence-electron chi connectivity index (χ3n) is 6.28. The number of benzene rings is 6. The molecule has 0 saturated heterocycles. The summed E-state index contributed by atoms with van der Waals surface area (Å²) in [6.45, 7) is 0. The largest absolute Gasteiger partial charge is 0.658 e. The number of hydrogen-bond donors (Lipinski definition) is 0. The van der Waals surface area contributed by atoms with Gasteiger partial charge in [0, 0.05) is 0 Å². The van der Waals surface area contributed by atoms with Crippen LogP contribution in [-0.4, -0.2) is 7.69 Å². The molecular weight excluding hydrogens is 427 g/mol. The fourth-order valence-electron chi connectivity index (χ4n) is 4.52. The van der Waals surface area contributed by atoms with Crippen LogP contribution in [0.25, 0.3) is 43.8 Å². The Morgan fingerprint density at radius 1 is 0.371 bits per heavy atom. The van der Waals surface area contributed by atoms with Gasteiger partial charge in [-0.2, -0.15) is 0 Å². The van der Waals surface area contributed by atoms with Crippen molar-refractivity contribution in [2.75, 3.05) is 0 Å². The van der Waals surface area contributed by atoms with Gasteiger partial charge in [-0.05, 0) is 68.1 Å². The van der Waals surface area contributed by atoms with Gasteiger partial charge in [0.1, 0.15) is 11.5 Å². The molecule has 0 aliphatic rings. The van der Waals surface area contributed by atoms with E-state index < -0.39 is 0 Å². The third-order valence-corrected chi connectivity index (χ3v) is 6.28. The highest BCUT2D eigenvalue weighted by atomic mass is 16.6. The first kappa shape index (κ1) is 21.1. The summed E-state index contributed by atoms with van der Waals surface area (Å²) >= 11 is 0. The van der Waals surface area contributed by atoms with Gasteiger partial charge < -0.3 is 9.31 Å². The van der Waals surface area contributed by atoms with Crippen LogP contribution >= 0.6 is 0 Å². The Labute approximate surface area is 205 Å². The maximum Gasteiger partial charge on any atom is 0.658 e. The van der Waals surface area contributed by atoms with Crippen molar-refractivity contribution in [1.82, 2.24) is 0 Å². The summed E-state index contributed by atoms with van der Waals surface area (Å²) < 4.78 is 11.4. The normalized spacial score (nSPS) is 10.9. The second-order valence-electron chi connectivity index (χ2n) is 8.43. The van der Waals surface area contributed by atoms with Crippen molar-refractivity contribution in [1.29, 1.82) is 0 Å². The molecule has 1 radical (unpaired) electrons. The van der Waals surface area contributed by atoms with Crippen LogP contribution in [0.4, 0.5) is 0 Å². The molecule has 0 fully saturated rings. The van der Waals surface area contributed by atoms with Crippen LogP contribution in [0.2, 0.25) is 0 Å². The van der Waals surface area contributed by atoms with Crippen LogP contribution in [0.5, 0.6) is 11.5 Å². The molecule has 3 heteroatoms. The molecule has 0 N–H and O–H groups in total. The minimum atomic E-state index is 0.723. The minimum Gasteiger partial charge on any atom is -0.526 e. The lowest BCUT2D eigenvalue weighted by Gasteiger charge is -2.10. The summed E-state index contributed by atoms with van der Waals surface area (Å²) in [7, 11) is 1.37. The van der Waals surface area contributed by atoms with Crippen LogP contribution in [0.15, 0.2) is 133 Å². The zero-order chi connectivity index (χ0) is 23.5. The lowest BCUT2D eigenvalue weighted by molar-refractivity contribution is 0.459. The quantitative estimate of drug-likeness (QED) is 0.238. The number of rotatable bonds is 6. The van der Waals surface area contributed by atoms with Crippen molar-refractivity contribution in [3.63, 3.8) is 0 Å². The van der Waals surface area contributed by atoms with E-state index in [-0.39, 0.29) is 0 Å². The van der Waals surface area contributed by atoms with Crippen LogP contribution in [0.1, 0.15) is 0 Å². The van der Waals surface area contributed by atoms with Crippen LogP contribution in [0.3, 0.4) is 0 Å². The summed E-state index contributed by atoms with van der Waals surface area (Å²) in [4.78, 5) is 0.